The lowest BCUT2D eigenvalue weighted by Gasteiger charge is -2.08. The third-order valence-electron chi connectivity index (χ3n) is 3.01. The number of benzene rings is 1. The zero-order chi connectivity index (χ0) is 14.9. The van der Waals surface area contributed by atoms with Gasteiger partial charge in [-0.25, -0.2) is 4.98 Å². The number of sulfonamides is 1. The Bertz CT molecular complexity index is 683. The summed E-state index contributed by atoms with van der Waals surface area (Å²) in [6.45, 7) is 3.38. The molecule has 2 rings (SSSR count). The van der Waals surface area contributed by atoms with E-state index >= 15 is 0 Å². The minimum atomic E-state index is -3.69. The first-order chi connectivity index (χ1) is 9.29. The van der Waals surface area contributed by atoms with E-state index < -0.39 is 16.1 Å². The van der Waals surface area contributed by atoms with E-state index in [4.69, 9.17) is 0 Å². The van der Waals surface area contributed by atoms with Crippen LogP contribution in [0.15, 0.2) is 35.5 Å². The Morgan fingerprint density at radius 2 is 1.90 bits per heavy atom. The maximum Gasteiger partial charge on any atom is 0.280 e. The van der Waals surface area contributed by atoms with E-state index in [2.05, 4.69) is 9.71 Å². The second-order valence-corrected chi connectivity index (χ2v) is 6.27. The highest BCUT2D eigenvalue weighted by atomic mass is 32.2. The quantitative estimate of drug-likeness (QED) is 0.897. The van der Waals surface area contributed by atoms with Crippen molar-refractivity contribution >= 4 is 15.7 Å². The molecule has 0 saturated heterocycles. The van der Waals surface area contributed by atoms with Crippen molar-refractivity contribution in [2.24, 2.45) is 7.05 Å². The molecule has 0 aliphatic carbocycles. The summed E-state index contributed by atoms with van der Waals surface area (Å²) in [5.74, 6) is 0.620. The SMILES string of the molecule is Cc1nc(S(=O)(=O)Nc2ccc(C(C)O)cc2)cn1C. The second kappa shape index (κ2) is 5.26. The van der Waals surface area contributed by atoms with Crippen LogP contribution in [0.2, 0.25) is 0 Å². The number of aliphatic hydroxyl groups is 1. The van der Waals surface area contributed by atoms with E-state index in [1.807, 2.05) is 0 Å². The molecule has 6 nitrogen and oxygen atoms in total. The van der Waals surface area contributed by atoms with Crippen LogP contribution in [0.3, 0.4) is 0 Å². The summed E-state index contributed by atoms with van der Waals surface area (Å²) in [7, 11) is -1.96. The molecule has 0 spiro atoms. The van der Waals surface area contributed by atoms with Crippen molar-refractivity contribution in [1.29, 1.82) is 0 Å². The average molecular weight is 295 g/mol. The minimum absolute atomic E-state index is 0.0166. The first-order valence-corrected chi connectivity index (χ1v) is 7.59. The summed E-state index contributed by atoms with van der Waals surface area (Å²) in [4.78, 5) is 4.00. The molecular formula is C13H17N3O3S. The molecule has 0 radical (unpaired) electrons. The van der Waals surface area contributed by atoms with Crippen LogP contribution in [0, 0.1) is 6.92 Å². The standard InChI is InChI=1S/C13H17N3O3S/c1-9(17)11-4-6-12(7-5-11)15-20(18,19)13-8-16(3)10(2)14-13/h4-9,15,17H,1-3H3. The lowest BCUT2D eigenvalue weighted by molar-refractivity contribution is 0.199. The molecule has 7 heteroatoms. The second-order valence-electron chi connectivity index (χ2n) is 4.64. The van der Waals surface area contributed by atoms with Crippen molar-refractivity contribution < 1.29 is 13.5 Å². The molecule has 1 unspecified atom stereocenters. The van der Waals surface area contributed by atoms with Crippen LogP contribution >= 0.6 is 0 Å². The van der Waals surface area contributed by atoms with Crippen LogP contribution in [-0.2, 0) is 17.1 Å². The molecule has 0 saturated carbocycles. The van der Waals surface area contributed by atoms with Gasteiger partial charge in [0.25, 0.3) is 10.0 Å². The van der Waals surface area contributed by atoms with Gasteiger partial charge in [-0.05, 0) is 31.5 Å². The number of aryl methyl sites for hydroxylation is 2. The van der Waals surface area contributed by atoms with Crippen molar-refractivity contribution in [2.45, 2.75) is 25.0 Å². The van der Waals surface area contributed by atoms with Crippen LogP contribution < -0.4 is 4.72 Å². The molecule has 1 aromatic carbocycles. The van der Waals surface area contributed by atoms with Crippen LogP contribution in [0.25, 0.3) is 0 Å². The van der Waals surface area contributed by atoms with Gasteiger partial charge in [0, 0.05) is 18.9 Å². The molecule has 0 bridgehead atoms. The Hall–Kier alpha value is -1.86. The number of anilines is 1. The van der Waals surface area contributed by atoms with E-state index in [0.717, 1.165) is 5.56 Å². The summed E-state index contributed by atoms with van der Waals surface area (Å²) in [6, 6.07) is 6.56. The van der Waals surface area contributed by atoms with Gasteiger partial charge < -0.3 is 9.67 Å². The highest BCUT2D eigenvalue weighted by molar-refractivity contribution is 7.92. The van der Waals surface area contributed by atoms with Gasteiger partial charge in [-0.2, -0.15) is 8.42 Å². The number of aromatic nitrogens is 2. The third-order valence-corrected chi connectivity index (χ3v) is 4.26. The molecular weight excluding hydrogens is 278 g/mol. The summed E-state index contributed by atoms with van der Waals surface area (Å²) in [5.41, 5.74) is 1.15. The summed E-state index contributed by atoms with van der Waals surface area (Å²) < 4.78 is 28.4. The molecule has 108 valence electrons. The molecule has 1 heterocycles. The van der Waals surface area contributed by atoms with Gasteiger partial charge in [0.05, 0.1) is 6.10 Å². The van der Waals surface area contributed by atoms with Crippen molar-refractivity contribution in [3.05, 3.63) is 41.9 Å². The van der Waals surface area contributed by atoms with Crippen LogP contribution in [0.1, 0.15) is 24.4 Å². The van der Waals surface area contributed by atoms with Gasteiger partial charge in [-0.15, -0.1) is 0 Å². The lowest BCUT2D eigenvalue weighted by atomic mass is 10.1. The third kappa shape index (κ3) is 3.00. The van der Waals surface area contributed by atoms with E-state index in [-0.39, 0.29) is 5.03 Å². The predicted molar refractivity (Wildman–Crippen MR) is 75.8 cm³/mol. The minimum Gasteiger partial charge on any atom is -0.389 e. The topological polar surface area (TPSA) is 84.2 Å². The number of nitrogens with one attached hydrogen (secondary N) is 1. The normalized spacial score (nSPS) is 13.2. The Kier molecular flexibility index (Phi) is 3.82. The largest absolute Gasteiger partial charge is 0.389 e. The number of rotatable bonds is 4. The van der Waals surface area contributed by atoms with Gasteiger partial charge in [-0.1, -0.05) is 12.1 Å². The van der Waals surface area contributed by atoms with Gasteiger partial charge in [0.1, 0.15) is 5.82 Å². The molecule has 0 aliphatic rings. The molecule has 20 heavy (non-hydrogen) atoms. The van der Waals surface area contributed by atoms with Crippen molar-refractivity contribution in [3.63, 3.8) is 0 Å². The maximum atomic E-state index is 12.1. The van der Waals surface area contributed by atoms with Gasteiger partial charge in [-0.3, -0.25) is 4.72 Å². The summed E-state index contributed by atoms with van der Waals surface area (Å²) >= 11 is 0. The fourth-order valence-electron chi connectivity index (χ4n) is 1.69. The Balaban J connectivity index is 2.24. The highest BCUT2D eigenvalue weighted by Gasteiger charge is 2.18. The van der Waals surface area contributed by atoms with Crippen LogP contribution in [0.4, 0.5) is 5.69 Å². The first kappa shape index (κ1) is 14.5. The number of aliphatic hydroxyl groups excluding tert-OH is 1. The number of hydrogen-bond acceptors (Lipinski definition) is 4. The van der Waals surface area contributed by atoms with Gasteiger partial charge in [0.2, 0.25) is 0 Å². The van der Waals surface area contributed by atoms with Crippen molar-refractivity contribution in [3.8, 4) is 0 Å². The van der Waals surface area contributed by atoms with Gasteiger partial charge >= 0.3 is 0 Å². The Morgan fingerprint density at radius 1 is 1.30 bits per heavy atom. The molecule has 1 atom stereocenters. The Labute approximate surface area is 118 Å². The van der Waals surface area contributed by atoms with Crippen LogP contribution in [0.5, 0.6) is 0 Å². The van der Waals surface area contributed by atoms with Crippen molar-refractivity contribution in [2.75, 3.05) is 4.72 Å². The van der Waals surface area contributed by atoms with E-state index in [1.165, 1.54) is 6.20 Å². The summed E-state index contributed by atoms with van der Waals surface area (Å²) in [5, 5.41) is 9.39. The van der Waals surface area contributed by atoms with E-state index in [9.17, 15) is 13.5 Å². The first-order valence-electron chi connectivity index (χ1n) is 6.10. The smallest absolute Gasteiger partial charge is 0.280 e. The molecule has 0 amide bonds. The monoisotopic (exact) mass is 295 g/mol. The highest BCUT2D eigenvalue weighted by Crippen LogP contribution is 2.18. The zero-order valence-corrected chi connectivity index (χ0v) is 12.3. The van der Waals surface area contributed by atoms with E-state index in [0.29, 0.717) is 11.5 Å². The van der Waals surface area contributed by atoms with E-state index in [1.54, 1.807) is 49.7 Å². The average Bonchev–Trinajstić information content (AvgIpc) is 2.71. The predicted octanol–water partition coefficient (Wildman–Crippen LogP) is 1.58. The summed E-state index contributed by atoms with van der Waals surface area (Å²) in [6.07, 6.45) is 0.876. The molecule has 2 N–H and O–H groups in total. The number of imidazole rings is 1. The fourth-order valence-corrected chi connectivity index (χ4v) is 2.79. The van der Waals surface area contributed by atoms with Crippen LogP contribution in [-0.4, -0.2) is 23.1 Å². The molecule has 0 aliphatic heterocycles. The van der Waals surface area contributed by atoms with Gasteiger partial charge in [0.15, 0.2) is 5.03 Å². The number of nitrogens with zero attached hydrogens (tertiary/aromatic N) is 2. The lowest BCUT2D eigenvalue weighted by Crippen LogP contribution is -2.13. The fraction of sp³-hybridized carbons (Fsp3) is 0.308. The molecule has 1 aromatic heterocycles. The maximum absolute atomic E-state index is 12.1. The molecule has 0 fully saturated rings. The zero-order valence-electron chi connectivity index (χ0n) is 11.5. The molecule has 2 aromatic rings. The Morgan fingerprint density at radius 3 is 2.35 bits per heavy atom. The number of hydrogen-bond donors (Lipinski definition) is 2. The van der Waals surface area contributed by atoms with Crippen molar-refractivity contribution in [1.82, 2.24) is 9.55 Å².